The fourth-order valence-corrected chi connectivity index (χ4v) is 2.98. The lowest BCUT2D eigenvalue weighted by Crippen LogP contribution is -2.44. The van der Waals surface area contributed by atoms with Crippen molar-refractivity contribution in [2.24, 2.45) is 0 Å². The van der Waals surface area contributed by atoms with Crippen molar-refractivity contribution in [3.63, 3.8) is 0 Å². The van der Waals surface area contributed by atoms with E-state index in [2.05, 4.69) is 20.4 Å². The molecule has 2 heterocycles. The number of nitrogens with one attached hydrogen (secondary N) is 2. The summed E-state index contributed by atoms with van der Waals surface area (Å²) in [4.78, 5) is 31.0. The van der Waals surface area contributed by atoms with Gasteiger partial charge in [0.25, 0.3) is 11.5 Å². The molecule has 8 nitrogen and oxygen atoms in total. The van der Waals surface area contributed by atoms with Gasteiger partial charge in [-0.1, -0.05) is 5.16 Å². The van der Waals surface area contributed by atoms with Crippen LogP contribution in [0.5, 0.6) is 0 Å². The second-order valence-corrected chi connectivity index (χ2v) is 6.09. The highest BCUT2D eigenvalue weighted by atomic mass is 16.5. The molecule has 1 aliphatic carbocycles. The van der Waals surface area contributed by atoms with Gasteiger partial charge in [-0.3, -0.25) is 9.59 Å². The first kappa shape index (κ1) is 16.4. The number of aromatic amines is 1. The Balaban J connectivity index is 1.62. The second kappa shape index (κ2) is 6.56. The monoisotopic (exact) mass is 332 g/mol. The van der Waals surface area contributed by atoms with Gasteiger partial charge in [-0.15, -0.1) is 0 Å². The third kappa shape index (κ3) is 3.23. The summed E-state index contributed by atoms with van der Waals surface area (Å²) < 4.78 is 10.0. The molecule has 1 amide bonds. The average Bonchev–Trinajstić information content (AvgIpc) is 2.81. The number of rotatable bonds is 5. The number of nitrogens with zero attached hydrogens (tertiary/aromatic N) is 2. The van der Waals surface area contributed by atoms with Gasteiger partial charge < -0.3 is 19.6 Å². The minimum atomic E-state index is -0.185. The Morgan fingerprint density at radius 1 is 1.46 bits per heavy atom. The molecule has 128 valence electrons. The molecule has 2 N–H and O–H groups in total. The number of hydrogen-bond acceptors (Lipinski definition) is 6. The van der Waals surface area contributed by atoms with E-state index in [1.807, 2.05) is 0 Å². The second-order valence-electron chi connectivity index (χ2n) is 6.09. The summed E-state index contributed by atoms with van der Waals surface area (Å²) in [6, 6.07) is 1.57. The highest BCUT2D eigenvalue weighted by molar-refractivity contribution is 5.96. The van der Waals surface area contributed by atoms with Crippen LogP contribution in [0, 0.1) is 13.8 Å². The van der Waals surface area contributed by atoms with Crippen molar-refractivity contribution in [1.29, 1.82) is 0 Å². The van der Waals surface area contributed by atoms with E-state index >= 15 is 0 Å². The number of carbonyl (C=O) groups is 1. The van der Waals surface area contributed by atoms with Gasteiger partial charge in [0.05, 0.1) is 11.4 Å². The number of ether oxygens (including phenoxy) is 1. The lowest BCUT2D eigenvalue weighted by atomic mass is 9.78. The summed E-state index contributed by atoms with van der Waals surface area (Å²) in [5.41, 5.74) is 1.64. The van der Waals surface area contributed by atoms with E-state index in [-0.39, 0.29) is 30.0 Å². The highest BCUT2D eigenvalue weighted by Gasteiger charge is 2.34. The highest BCUT2D eigenvalue weighted by Crippen LogP contribution is 2.35. The van der Waals surface area contributed by atoms with Gasteiger partial charge >= 0.3 is 0 Å². The molecule has 1 saturated carbocycles. The van der Waals surface area contributed by atoms with Crippen LogP contribution < -0.4 is 10.9 Å². The van der Waals surface area contributed by atoms with Gasteiger partial charge in [0.15, 0.2) is 0 Å². The van der Waals surface area contributed by atoms with Crippen LogP contribution in [0.4, 0.5) is 0 Å². The molecule has 0 radical (unpaired) electrons. The minimum absolute atomic E-state index is 0.0585. The van der Waals surface area contributed by atoms with E-state index in [4.69, 9.17) is 9.26 Å². The van der Waals surface area contributed by atoms with Crippen LogP contribution in [0.2, 0.25) is 0 Å². The van der Waals surface area contributed by atoms with Crippen molar-refractivity contribution in [1.82, 2.24) is 20.4 Å². The number of aryl methyl sites for hydroxylation is 2. The summed E-state index contributed by atoms with van der Waals surface area (Å²) >= 11 is 0. The molecule has 0 aliphatic heterocycles. The normalized spacial score (nSPS) is 19.8. The number of H-pyrrole nitrogens is 1. The molecule has 1 fully saturated rings. The number of carbonyl (C=O) groups excluding carboxylic acids is 1. The minimum Gasteiger partial charge on any atom is -0.377 e. The molecule has 24 heavy (non-hydrogen) atoms. The predicted octanol–water partition coefficient (Wildman–Crippen LogP) is 1.20. The molecule has 1 aliphatic rings. The van der Waals surface area contributed by atoms with Crippen molar-refractivity contribution < 1.29 is 14.1 Å². The quantitative estimate of drug-likeness (QED) is 0.851. The standard InChI is InChI=1S/C16H20N4O4/c1-8-15(9(2)24-20-8)16(22)17-11-4-10(5-11)12-6-14(21)19-13(18-12)7-23-3/h6,10-11H,4-5,7H2,1-3H3,(H,17,22)(H,18,19,21). The molecule has 0 aromatic carbocycles. The maximum absolute atomic E-state index is 12.3. The Morgan fingerprint density at radius 3 is 2.83 bits per heavy atom. The van der Waals surface area contributed by atoms with E-state index in [0.29, 0.717) is 22.8 Å². The summed E-state index contributed by atoms with van der Waals surface area (Å²) in [5, 5.41) is 6.77. The molecule has 0 atom stereocenters. The zero-order valence-electron chi connectivity index (χ0n) is 13.9. The summed E-state index contributed by atoms with van der Waals surface area (Å²) in [7, 11) is 1.55. The average molecular weight is 332 g/mol. The van der Waals surface area contributed by atoms with Crippen molar-refractivity contribution in [3.8, 4) is 0 Å². The van der Waals surface area contributed by atoms with Gasteiger partial charge in [-0.25, -0.2) is 4.98 Å². The Morgan fingerprint density at radius 2 is 2.21 bits per heavy atom. The van der Waals surface area contributed by atoms with E-state index in [9.17, 15) is 9.59 Å². The molecule has 2 aromatic heterocycles. The molecular weight excluding hydrogens is 312 g/mol. The van der Waals surface area contributed by atoms with E-state index in [0.717, 1.165) is 18.5 Å². The Bertz CT molecular complexity index is 785. The van der Waals surface area contributed by atoms with Crippen LogP contribution in [-0.2, 0) is 11.3 Å². The van der Waals surface area contributed by atoms with Crippen LogP contribution in [-0.4, -0.2) is 34.2 Å². The van der Waals surface area contributed by atoms with Crippen LogP contribution in [0.3, 0.4) is 0 Å². The lowest BCUT2D eigenvalue weighted by molar-refractivity contribution is 0.0906. The smallest absolute Gasteiger partial charge is 0.257 e. The Kier molecular flexibility index (Phi) is 4.48. The first-order valence-electron chi connectivity index (χ1n) is 7.80. The summed E-state index contributed by atoms with van der Waals surface area (Å²) in [6.45, 7) is 3.73. The fraction of sp³-hybridized carbons (Fsp3) is 0.500. The zero-order valence-corrected chi connectivity index (χ0v) is 13.9. The Labute approximate surface area is 138 Å². The van der Waals surface area contributed by atoms with Crippen molar-refractivity contribution in [2.45, 2.75) is 45.3 Å². The zero-order chi connectivity index (χ0) is 17.3. The van der Waals surface area contributed by atoms with Gasteiger partial charge in [0, 0.05) is 25.1 Å². The molecule has 0 saturated heterocycles. The third-order valence-electron chi connectivity index (χ3n) is 4.24. The van der Waals surface area contributed by atoms with Crippen molar-refractivity contribution in [3.05, 3.63) is 45.0 Å². The van der Waals surface area contributed by atoms with E-state index in [1.165, 1.54) is 6.07 Å². The van der Waals surface area contributed by atoms with Crippen LogP contribution >= 0.6 is 0 Å². The topological polar surface area (TPSA) is 110 Å². The number of amides is 1. The predicted molar refractivity (Wildman–Crippen MR) is 84.8 cm³/mol. The van der Waals surface area contributed by atoms with Gasteiger partial charge in [-0.05, 0) is 26.7 Å². The van der Waals surface area contributed by atoms with Gasteiger partial charge in [0.2, 0.25) is 0 Å². The molecule has 0 bridgehead atoms. The maximum Gasteiger partial charge on any atom is 0.257 e. The summed E-state index contributed by atoms with van der Waals surface area (Å²) in [6.07, 6.45) is 1.50. The molecule has 8 heteroatoms. The first-order chi connectivity index (χ1) is 11.5. The van der Waals surface area contributed by atoms with E-state index in [1.54, 1.807) is 21.0 Å². The van der Waals surface area contributed by atoms with Crippen molar-refractivity contribution in [2.75, 3.05) is 7.11 Å². The lowest BCUT2D eigenvalue weighted by Gasteiger charge is -2.35. The third-order valence-corrected chi connectivity index (χ3v) is 4.24. The Hall–Kier alpha value is -2.48. The van der Waals surface area contributed by atoms with Crippen molar-refractivity contribution >= 4 is 5.91 Å². The van der Waals surface area contributed by atoms with Crippen LogP contribution in [0.1, 0.15) is 52.1 Å². The van der Waals surface area contributed by atoms with Crippen LogP contribution in [0.15, 0.2) is 15.4 Å². The number of hydrogen-bond donors (Lipinski definition) is 2. The number of methoxy groups -OCH3 is 1. The van der Waals surface area contributed by atoms with Gasteiger partial charge in [0.1, 0.15) is 23.8 Å². The van der Waals surface area contributed by atoms with Gasteiger partial charge in [-0.2, -0.15) is 0 Å². The molecule has 0 unspecified atom stereocenters. The molecular formula is C16H20N4O4. The fourth-order valence-electron chi connectivity index (χ4n) is 2.98. The first-order valence-corrected chi connectivity index (χ1v) is 7.80. The van der Waals surface area contributed by atoms with Crippen LogP contribution in [0.25, 0.3) is 0 Å². The molecule has 3 rings (SSSR count). The molecule has 2 aromatic rings. The maximum atomic E-state index is 12.3. The molecule has 0 spiro atoms. The summed E-state index contributed by atoms with van der Waals surface area (Å²) in [5.74, 6) is 1.02. The SMILES string of the molecule is COCc1nc(C2CC(NC(=O)c3c(C)noc3C)C2)cc(=O)[nH]1. The largest absolute Gasteiger partial charge is 0.377 e. The van der Waals surface area contributed by atoms with E-state index < -0.39 is 0 Å². The number of aromatic nitrogens is 3.